The second-order valence-corrected chi connectivity index (χ2v) is 28.8. The third-order valence-electron chi connectivity index (χ3n) is 21.7. The molecule has 0 amide bonds. The Morgan fingerprint density at radius 1 is 0.311 bits per heavy atom. The van der Waals surface area contributed by atoms with Gasteiger partial charge in [-0.05, 0) is 168 Å². The molecule has 19 aromatic rings. The third-order valence-corrected chi connectivity index (χ3v) is 21.7. The highest BCUT2D eigenvalue weighted by Crippen LogP contribution is 2.57. The Bertz CT molecular complexity index is 7110. The Hall–Kier alpha value is -13.4. The molecule has 0 saturated carbocycles. The summed E-state index contributed by atoms with van der Waals surface area (Å²) in [7, 11) is 0. The zero-order chi connectivity index (χ0) is 77.3. The molecular formula is C100H68BN3O2. The van der Waals surface area contributed by atoms with Crippen LogP contribution in [0.1, 0.15) is 37.3 Å². The van der Waals surface area contributed by atoms with E-state index >= 15 is 0 Å². The number of anilines is 6. The fraction of sp³-hybridized carbons (Fsp3) is 0.0400. The normalized spacial score (nSPS) is 13.7. The van der Waals surface area contributed by atoms with Crippen LogP contribution >= 0.6 is 0 Å². The number of fused-ring (bicyclic) bond motifs is 13. The molecule has 0 unspecified atom stereocenters. The molecule has 6 heteroatoms. The first-order valence-corrected chi connectivity index (χ1v) is 36.1. The van der Waals surface area contributed by atoms with Crippen LogP contribution in [0.2, 0.25) is 0 Å². The van der Waals surface area contributed by atoms with Crippen molar-refractivity contribution in [3.63, 3.8) is 0 Å². The van der Waals surface area contributed by atoms with Gasteiger partial charge >= 0.3 is 0 Å². The van der Waals surface area contributed by atoms with Crippen molar-refractivity contribution in [1.82, 2.24) is 4.57 Å². The van der Waals surface area contributed by atoms with Gasteiger partial charge in [-0.2, -0.15) is 0 Å². The molecule has 16 aromatic carbocycles. The lowest BCUT2D eigenvalue weighted by Crippen LogP contribution is -2.61. The number of hydrogen-bond acceptors (Lipinski definition) is 4. The van der Waals surface area contributed by atoms with E-state index < -0.39 is 48.4 Å². The van der Waals surface area contributed by atoms with E-state index in [1.807, 2.05) is 42.5 Å². The lowest BCUT2D eigenvalue weighted by Gasteiger charge is -2.46. The van der Waals surface area contributed by atoms with Gasteiger partial charge in [0.2, 0.25) is 0 Å². The maximum absolute atomic E-state index is 9.93. The van der Waals surface area contributed by atoms with Gasteiger partial charge in [-0.25, -0.2) is 0 Å². The number of nitrogens with zero attached hydrogens (tertiary/aromatic N) is 3. The summed E-state index contributed by atoms with van der Waals surface area (Å²) in [5.41, 5.74) is 25.6. The molecule has 21 rings (SSSR count). The Kier molecular flexibility index (Phi) is 12.1. The number of para-hydroxylation sites is 4. The molecule has 2 aliphatic heterocycles. The summed E-state index contributed by atoms with van der Waals surface area (Å²) >= 11 is 0. The summed E-state index contributed by atoms with van der Waals surface area (Å²) in [5, 5.41) is 3.58. The van der Waals surface area contributed by atoms with Crippen LogP contribution in [0.15, 0.2) is 367 Å². The molecule has 0 atom stereocenters. The molecule has 5 nitrogen and oxygen atoms in total. The Morgan fingerprint density at radius 3 is 1.18 bits per heavy atom. The van der Waals surface area contributed by atoms with Crippen molar-refractivity contribution in [2.24, 2.45) is 0 Å². The molecule has 5 heterocycles. The second-order valence-electron chi connectivity index (χ2n) is 28.8. The van der Waals surface area contributed by atoms with Gasteiger partial charge in [0.25, 0.3) is 6.71 Å². The molecule has 0 N–H and O–H groups in total. The van der Waals surface area contributed by atoms with E-state index in [0.717, 1.165) is 161 Å². The van der Waals surface area contributed by atoms with E-state index in [-0.39, 0.29) is 33.9 Å². The van der Waals surface area contributed by atoms with Crippen LogP contribution in [0.25, 0.3) is 149 Å². The maximum Gasteiger partial charge on any atom is 0.252 e. The molecule has 0 spiro atoms. The van der Waals surface area contributed by atoms with Gasteiger partial charge in [-0.1, -0.05) is 294 Å². The van der Waals surface area contributed by atoms with Gasteiger partial charge in [0.15, 0.2) is 0 Å². The van der Waals surface area contributed by atoms with E-state index in [0.29, 0.717) is 22.5 Å². The molecule has 0 saturated heterocycles. The van der Waals surface area contributed by atoms with E-state index in [9.17, 15) is 8.22 Å². The highest BCUT2D eigenvalue weighted by Gasteiger charge is 2.47. The Balaban J connectivity index is 0.969. The van der Waals surface area contributed by atoms with Crippen LogP contribution in [0, 0.1) is 0 Å². The van der Waals surface area contributed by atoms with Crippen molar-refractivity contribution in [1.29, 1.82) is 0 Å². The van der Waals surface area contributed by atoms with Crippen molar-refractivity contribution in [3.05, 3.63) is 363 Å². The van der Waals surface area contributed by atoms with Crippen LogP contribution in [0.5, 0.6) is 0 Å². The number of hydrogen-bond donors (Lipinski definition) is 0. The summed E-state index contributed by atoms with van der Waals surface area (Å²) in [6.07, 6.45) is 0. The topological polar surface area (TPSA) is 37.7 Å². The molecule has 498 valence electrons. The number of furan rings is 2. The monoisotopic (exact) mass is 1360 g/mol. The predicted molar refractivity (Wildman–Crippen MR) is 446 cm³/mol. The van der Waals surface area contributed by atoms with Gasteiger partial charge in [-0.15, -0.1) is 0 Å². The summed E-state index contributed by atoms with van der Waals surface area (Å²) in [6, 6.07) is 106. The van der Waals surface area contributed by atoms with E-state index in [2.05, 4.69) is 297 Å². The van der Waals surface area contributed by atoms with E-state index in [4.69, 9.17) is 11.6 Å². The molecule has 0 radical (unpaired) electrons. The SMILES string of the molecule is [2H]c1c([2H])c([2H])c2c(c1[2H])c1c([2H])c([2H])c([2H])c([2H])c1n2-c1ccc2c(c1)N(c1c(-c3ccccc3)cc(-c3ccccc3)c3oc4ccccc4c13)c1cc(C(C)(C)C)cc3c1B2c1cc(-c2cc(-c4ccccc4)cc(-c4ccccc4)c2)ccc1N3c1c(-c2ccccc2)cc(-c2ccccc2)c2oc3ccccc3c12. The zero-order valence-electron chi connectivity index (χ0n) is 66.2. The molecule has 0 bridgehead atoms. The van der Waals surface area contributed by atoms with Gasteiger partial charge in [0.05, 0.1) is 44.1 Å². The largest absolute Gasteiger partial charge is 0.455 e. The summed E-state index contributed by atoms with van der Waals surface area (Å²) in [4.78, 5) is 4.96. The molecule has 106 heavy (non-hydrogen) atoms. The van der Waals surface area contributed by atoms with Crippen LogP contribution < -0.4 is 26.2 Å². The predicted octanol–water partition coefficient (Wildman–Crippen LogP) is 25.6. The zero-order valence-corrected chi connectivity index (χ0v) is 58.2. The minimum atomic E-state index is -0.588. The summed E-state index contributed by atoms with van der Waals surface area (Å²) in [6.45, 7) is 6.21. The summed E-state index contributed by atoms with van der Waals surface area (Å²) in [5.74, 6) is 0. The molecule has 2 aliphatic rings. The first-order valence-electron chi connectivity index (χ1n) is 40.1. The molecule has 0 aliphatic carbocycles. The van der Waals surface area contributed by atoms with Crippen molar-refractivity contribution < 1.29 is 19.8 Å². The Labute approximate surface area is 626 Å². The first-order chi connectivity index (χ1) is 55.6. The highest BCUT2D eigenvalue weighted by molar-refractivity contribution is 7.00. The van der Waals surface area contributed by atoms with Crippen LogP contribution in [0.3, 0.4) is 0 Å². The van der Waals surface area contributed by atoms with Gasteiger partial charge in [0, 0.05) is 72.2 Å². The van der Waals surface area contributed by atoms with Gasteiger partial charge in [0.1, 0.15) is 22.3 Å². The fourth-order valence-electron chi connectivity index (χ4n) is 16.9. The van der Waals surface area contributed by atoms with Crippen molar-refractivity contribution in [3.8, 4) is 83.6 Å². The van der Waals surface area contributed by atoms with Crippen molar-refractivity contribution in [2.45, 2.75) is 26.2 Å². The van der Waals surface area contributed by atoms with Crippen LogP contribution in [-0.2, 0) is 5.41 Å². The average Bonchev–Trinajstić information content (AvgIpc) is 0.911. The quantitative estimate of drug-likeness (QED) is 0.128. The van der Waals surface area contributed by atoms with Crippen molar-refractivity contribution in [2.75, 3.05) is 9.80 Å². The smallest absolute Gasteiger partial charge is 0.252 e. The molecule has 3 aromatic heterocycles. The van der Waals surface area contributed by atoms with Crippen LogP contribution in [-0.4, -0.2) is 11.3 Å². The maximum atomic E-state index is 9.93. The van der Waals surface area contributed by atoms with Crippen LogP contribution in [0.4, 0.5) is 34.1 Å². The standard InChI is InChI=1S/C100H68BN3O2/c1-100(2,3)73-58-89-95-90(59-73)104(97-80(66-36-16-7-17-37-66)62-82(68-40-20-9-21-41-68)99-94(97)78-45-25-29-49-92(78)106-99)88-60-74(102-85-46-26-22-42-75(85)76-43-23-27-47-86(76)102)51-52-83(88)101(95)84-57-69(72-55-70(63-30-10-4-11-31-63)54-71(56-72)64-32-12-5-13-33-64)50-53-87(84)103(89)96-79(65-34-14-6-15-35-65)61-81(67-38-18-8-19-39-67)98-93(96)77-44-24-28-48-91(77)105-98/h4-62H,1-3H3/i22D,23D,26D,27D,42D,43D,46D,47D. The number of aromatic nitrogens is 1. The Morgan fingerprint density at radius 2 is 0.717 bits per heavy atom. The van der Waals surface area contributed by atoms with E-state index in [1.165, 1.54) is 0 Å². The van der Waals surface area contributed by atoms with Gasteiger partial charge in [-0.3, -0.25) is 0 Å². The minimum Gasteiger partial charge on any atom is -0.455 e. The second kappa shape index (κ2) is 24.1. The van der Waals surface area contributed by atoms with E-state index in [1.54, 1.807) is 4.57 Å². The van der Waals surface area contributed by atoms with Crippen molar-refractivity contribution >= 4 is 123 Å². The highest BCUT2D eigenvalue weighted by atomic mass is 16.3. The number of benzene rings is 16. The summed E-state index contributed by atoms with van der Waals surface area (Å²) < 4.78 is 92.5. The average molecular weight is 1360 g/mol. The molecule has 0 fully saturated rings. The minimum absolute atomic E-state index is 0.0106. The lowest BCUT2D eigenvalue weighted by molar-refractivity contribution is 0.590. The first kappa shape index (κ1) is 53.4. The molecular weight excluding hydrogens is 1290 g/mol. The fourth-order valence-corrected chi connectivity index (χ4v) is 16.9. The van der Waals surface area contributed by atoms with Gasteiger partial charge < -0.3 is 23.2 Å². The lowest BCUT2D eigenvalue weighted by atomic mass is 9.33. The number of rotatable bonds is 10. The third kappa shape index (κ3) is 9.64.